The number of benzene rings is 1. The molecule has 1 unspecified atom stereocenters. The third-order valence-corrected chi connectivity index (χ3v) is 5.79. The Labute approximate surface area is 205 Å². The van der Waals surface area contributed by atoms with Crippen molar-refractivity contribution in [1.29, 1.82) is 0 Å². The summed E-state index contributed by atoms with van der Waals surface area (Å²) in [6.07, 6.45) is 3.55. The van der Waals surface area contributed by atoms with Gasteiger partial charge in [-0.1, -0.05) is 24.3 Å². The van der Waals surface area contributed by atoms with Crippen molar-refractivity contribution in [3.63, 3.8) is 0 Å². The van der Waals surface area contributed by atoms with E-state index in [4.69, 9.17) is 9.47 Å². The molecule has 2 aliphatic rings. The van der Waals surface area contributed by atoms with Gasteiger partial charge < -0.3 is 25.0 Å². The normalized spacial score (nSPS) is 20.5. The average molecular weight is 546 g/mol. The first-order chi connectivity index (χ1) is 14.7. The Kier molecular flexibility index (Phi) is 12.7. The molecule has 2 fully saturated rings. The Hall–Kier alpha value is -0.940. The van der Waals surface area contributed by atoms with Gasteiger partial charge in [-0.05, 0) is 37.4 Å². The molecule has 2 heterocycles. The van der Waals surface area contributed by atoms with Gasteiger partial charge in [-0.2, -0.15) is 0 Å². The van der Waals surface area contributed by atoms with Crippen LogP contribution in [0.15, 0.2) is 29.3 Å². The molecule has 0 bridgehead atoms. The molecule has 2 saturated heterocycles. The fraction of sp³-hybridized carbons (Fsp3) is 0.696. The van der Waals surface area contributed by atoms with Crippen LogP contribution < -0.4 is 10.6 Å². The number of likely N-dealkylation sites (N-methyl/N-ethyl adjacent to an activating group) is 1. The van der Waals surface area contributed by atoms with E-state index in [0.29, 0.717) is 6.10 Å². The van der Waals surface area contributed by atoms with Crippen molar-refractivity contribution in [3.05, 3.63) is 35.4 Å². The maximum atomic E-state index is 5.70. The summed E-state index contributed by atoms with van der Waals surface area (Å²) in [5.41, 5.74) is 2.65. The fourth-order valence-electron chi connectivity index (χ4n) is 3.80. The number of piperazine rings is 1. The highest BCUT2D eigenvalue weighted by Gasteiger charge is 2.15. The first kappa shape index (κ1) is 26.3. The molecule has 1 aromatic rings. The zero-order chi connectivity index (χ0) is 21.0. The summed E-state index contributed by atoms with van der Waals surface area (Å²) >= 11 is 0. The molecule has 176 valence electrons. The number of nitrogens with one attached hydrogen (secondary N) is 2. The summed E-state index contributed by atoms with van der Waals surface area (Å²) in [5.74, 6) is 0.829. The number of hydrogen-bond acceptors (Lipinski definition) is 5. The third-order valence-electron chi connectivity index (χ3n) is 5.79. The van der Waals surface area contributed by atoms with Gasteiger partial charge in [-0.15, -0.1) is 24.0 Å². The number of rotatable bonds is 10. The van der Waals surface area contributed by atoms with E-state index in [-0.39, 0.29) is 24.0 Å². The Bertz CT molecular complexity index is 629. The second-order valence-corrected chi connectivity index (χ2v) is 8.31. The Morgan fingerprint density at radius 2 is 1.87 bits per heavy atom. The van der Waals surface area contributed by atoms with Crippen molar-refractivity contribution in [2.24, 2.45) is 4.99 Å². The van der Waals surface area contributed by atoms with Gasteiger partial charge >= 0.3 is 0 Å². The molecule has 0 aliphatic carbocycles. The number of aliphatic imine (C=N–C) groups is 1. The Balaban J connectivity index is 0.00000341. The van der Waals surface area contributed by atoms with Crippen LogP contribution >= 0.6 is 24.0 Å². The minimum atomic E-state index is 0. The van der Waals surface area contributed by atoms with Gasteiger partial charge in [0.25, 0.3) is 0 Å². The average Bonchev–Trinajstić information content (AvgIpc) is 3.29. The SMILES string of the molecule is CN=C(NCCCOCC1CCCO1)NCc1ccc(CN2CCN(C)CC2)cc1.I. The van der Waals surface area contributed by atoms with Gasteiger partial charge in [0.2, 0.25) is 0 Å². The summed E-state index contributed by atoms with van der Waals surface area (Å²) in [4.78, 5) is 9.23. The smallest absolute Gasteiger partial charge is 0.191 e. The third kappa shape index (κ3) is 10.0. The zero-order valence-corrected chi connectivity index (χ0v) is 21.5. The molecule has 2 aliphatic heterocycles. The number of ether oxygens (including phenoxy) is 2. The molecular weight excluding hydrogens is 505 g/mol. The van der Waals surface area contributed by atoms with E-state index < -0.39 is 0 Å². The predicted molar refractivity (Wildman–Crippen MR) is 137 cm³/mol. The van der Waals surface area contributed by atoms with E-state index >= 15 is 0 Å². The molecule has 0 amide bonds. The van der Waals surface area contributed by atoms with Gasteiger partial charge in [0.05, 0.1) is 12.7 Å². The van der Waals surface area contributed by atoms with Crippen LogP contribution in [-0.4, -0.2) is 88.5 Å². The van der Waals surface area contributed by atoms with Crippen LogP contribution in [0, 0.1) is 0 Å². The van der Waals surface area contributed by atoms with Crippen molar-refractivity contribution in [2.75, 3.05) is 66.6 Å². The van der Waals surface area contributed by atoms with E-state index in [9.17, 15) is 0 Å². The van der Waals surface area contributed by atoms with E-state index in [1.807, 2.05) is 7.05 Å². The van der Waals surface area contributed by atoms with Crippen LogP contribution in [0.2, 0.25) is 0 Å². The molecule has 0 saturated carbocycles. The van der Waals surface area contributed by atoms with Gasteiger partial charge in [-0.3, -0.25) is 9.89 Å². The lowest BCUT2D eigenvalue weighted by Gasteiger charge is -2.32. The molecule has 1 atom stereocenters. The highest BCUT2D eigenvalue weighted by Crippen LogP contribution is 2.12. The van der Waals surface area contributed by atoms with E-state index in [1.165, 1.54) is 11.1 Å². The first-order valence-electron chi connectivity index (χ1n) is 11.4. The Morgan fingerprint density at radius 1 is 1.13 bits per heavy atom. The lowest BCUT2D eigenvalue weighted by molar-refractivity contribution is 0.0168. The lowest BCUT2D eigenvalue weighted by Crippen LogP contribution is -2.43. The van der Waals surface area contributed by atoms with Gasteiger partial charge in [0.1, 0.15) is 0 Å². The molecule has 0 radical (unpaired) electrons. The molecular formula is C23H40IN5O2. The van der Waals surface area contributed by atoms with Crippen molar-refractivity contribution < 1.29 is 9.47 Å². The second kappa shape index (κ2) is 15.0. The van der Waals surface area contributed by atoms with Gasteiger partial charge in [-0.25, -0.2) is 0 Å². The standard InChI is InChI=1S/C23H39N5O2.HI/c1-24-23(25-10-4-15-29-19-22-5-3-16-30-22)26-17-20-6-8-21(9-7-20)18-28-13-11-27(2)12-14-28;/h6-9,22H,3-5,10-19H2,1-2H3,(H2,24,25,26);1H. The molecule has 0 aromatic heterocycles. The molecule has 31 heavy (non-hydrogen) atoms. The fourth-order valence-corrected chi connectivity index (χ4v) is 3.80. The maximum absolute atomic E-state index is 5.70. The molecule has 7 nitrogen and oxygen atoms in total. The number of nitrogens with zero attached hydrogens (tertiary/aromatic N) is 3. The number of halogens is 1. The van der Waals surface area contributed by atoms with Crippen molar-refractivity contribution >= 4 is 29.9 Å². The van der Waals surface area contributed by atoms with Gasteiger partial charge in [0, 0.05) is 66.1 Å². The topological polar surface area (TPSA) is 61.4 Å². The quantitative estimate of drug-likeness (QED) is 0.204. The van der Waals surface area contributed by atoms with E-state index in [0.717, 1.165) is 90.9 Å². The molecule has 2 N–H and O–H groups in total. The van der Waals surface area contributed by atoms with Crippen molar-refractivity contribution in [3.8, 4) is 0 Å². The monoisotopic (exact) mass is 545 g/mol. The molecule has 0 spiro atoms. The summed E-state index contributed by atoms with van der Waals surface area (Å²) in [5, 5.41) is 6.74. The van der Waals surface area contributed by atoms with Crippen LogP contribution in [0.1, 0.15) is 30.4 Å². The molecule has 1 aromatic carbocycles. The largest absolute Gasteiger partial charge is 0.379 e. The molecule has 3 rings (SSSR count). The van der Waals surface area contributed by atoms with E-state index in [2.05, 4.69) is 56.7 Å². The summed E-state index contributed by atoms with van der Waals surface area (Å²) < 4.78 is 11.3. The maximum Gasteiger partial charge on any atom is 0.191 e. The Morgan fingerprint density at radius 3 is 2.55 bits per heavy atom. The van der Waals surface area contributed by atoms with Crippen LogP contribution in [0.25, 0.3) is 0 Å². The van der Waals surface area contributed by atoms with Crippen LogP contribution in [0.4, 0.5) is 0 Å². The van der Waals surface area contributed by atoms with E-state index in [1.54, 1.807) is 0 Å². The van der Waals surface area contributed by atoms with Crippen molar-refractivity contribution in [1.82, 2.24) is 20.4 Å². The summed E-state index contributed by atoms with van der Waals surface area (Å²) in [6, 6.07) is 8.92. The highest BCUT2D eigenvalue weighted by atomic mass is 127. The first-order valence-corrected chi connectivity index (χ1v) is 11.4. The van der Waals surface area contributed by atoms with Crippen LogP contribution in [-0.2, 0) is 22.6 Å². The molecule has 8 heteroatoms. The van der Waals surface area contributed by atoms with Crippen LogP contribution in [0.3, 0.4) is 0 Å². The van der Waals surface area contributed by atoms with Crippen molar-refractivity contribution in [2.45, 2.75) is 38.5 Å². The predicted octanol–water partition coefficient (Wildman–Crippen LogP) is 2.30. The number of guanidine groups is 1. The lowest BCUT2D eigenvalue weighted by atomic mass is 10.1. The second-order valence-electron chi connectivity index (χ2n) is 8.31. The zero-order valence-electron chi connectivity index (χ0n) is 19.1. The summed E-state index contributed by atoms with van der Waals surface area (Å²) in [7, 11) is 4.00. The minimum absolute atomic E-state index is 0. The summed E-state index contributed by atoms with van der Waals surface area (Å²) in [6.45, 7) is 9.64. The van der Waals surface area contributed by atoms with Crippen LogP contribution in [0.5, 0.6) is 0 Å². The number of hydrogen-bond donors (Lipinski definition) is 2. The minimum Gasteiger partial charge on any atom is -0.379 e. The van der Waals surface area contributed by atoms with Gasteiger partial charge in [0.15, 0.2) is 5.96 Å². The highest BCUT2D eigenvalue weighted by molar-refractivity contribution is 14.0.